The Morgan fingerprint density at radius 3 is 2.85 bits per heavy atom. The first-order valence-corrected chi connectivity index (χ1v) is 4.36. The molecule has 70 valence electrons. The zero-order chi connectivity index (χ0) is 9.84. The van der Waals surface area contributed by atoms with Crippen LogP contribution >= 0.6 is 11.6 Å². The van der Waals surface area contributed by atoms with Crippen LogP contribution in [0.1, 0.15) is 11.4 Å². The maximum Gasteiger partial charge on any atom is 0.0860 e. The number of halogens is 1. The molecule has 0 bridgehead atoms. The Balaban J connectivity index is 2.71. The fourth-order valence-corrected chi connectivity index (χ4v) is 1.35. The number of hydrogen-bond acceptors (Lipinski definition) is 2. The molecule has 1 heterocycles. The van der Waals surface area contributed by atoms with Crippen molar-refractivity contribution >= 4 is 11.6 Å². The Labute approximate surface area is 83.1 Å². The summed E-state index contributed by atoms with van der Waals surface area (Å²) < 4.78 is 1.77. The molecule has 0 saturated heterocycles. The van der Waals surface area contributed by atoms with Crippen LogP contribution in [0.3, 0.4) is 0 Å². The molecule has 0 aliphatic rings. The minimum absolute atomic E-state index is 0.542. The minimum Gasteiger partial charge on any atom is -0.300 e. The van der Waals surface area contributed by atoms with E-state index in [2.05, 4.69) is 16.3 Å². The summed E-state index contributed by atoms with van der Waals surface area (Å²) in [5, 5.41) is 7.96. The summed E-state index contributed by atoms with van der Waals surface area (Å²) in [6.45, 7) is 3.08. The van der Waals surface area contributed by atoms with Crippen LogP contribution < -0.4 is 5.32 Å². The Kier molecular flexibility index (Phi) is 3.35. The highest BCUT2D eigenvalue weighted by atomic mass is 35.5. The predicted molar refractivity (Wildman–Crippen MR) is 53.5 cm³/mol. The summed E-state index contributed by atoms with van der Waals surface area (Å²) in [6.07, 6.45) is 5.11. The van der Waals surface area contributed by atoms with Gasteiger partial charge in [-0.2, -0.15) is 5.10 Å². The van der Waals surface area contributed by atoms with E-state index in [1.807, 2.05) is 14.0 Å². The molecule has 1 aromatic heterocycles. The van der Waals surface area contributed by atoms with E-state index in [9.17, 15) is 0 Å². The van der Waals surface area contributed by atoms with E-state index in [0.29, 0.717) is 18.1 Å². The average Bonchev–Trinajstić information content (AvgIpc) is 2.32. The summed E-state index contributed by atoms with van der Waals surface area (Å²) in [5.74, 6) is 2.50. The van der Waals surface area contributed by atoms with Gasteiger partial charge < -0.3 is 5.32 Å². The standard InChI is InChI=1S/C9H12ClN3/c1-4-5-11-6-8-9(10)7(2)12-13(8)3/h1,11H,5-6H2,2-3H3. The van der Waals surface area contributed by atoms with Crippen molar-refractivity contribution in [1.82, 2.24) is 15.1 Å². The van der Waals surface area contributed by atoms with E-state index in [-0.39, 0.29) is 0 Å². The van der Waals surface area contributed by atoms with Gasteiger partial charge in [-0.15, -0.1) is 6.42 Å². The second-order valence-electron chi connectivity index (χ2n) is 2.78. The zero-order valence-corrected chi connectivity index (χ0v) is 8.52. The maximum absolute atomic E-state index is 6.02. The molecular weight excluding hydrogens is 186 g/mol. The number of terminal acetylenes is 1. The lowest BCUT2D eigenvalue weighted by molar-refractivity contribution is 0.656. The van der Waals surface area contributed by atoms with Crippen molar-refractivity contribution in [2.45, 2.75) is 13.5 Å². The van der Waals surface area contributed by atoms with Crippen molar-refractivity contribution in [1.29, 1.82) is 0 Å². The molecule has 0 unspecified atom stereocenters. The third kappa shape index (κ3) is 2.24. The number of rotatable bonds is 3. The first kappa shape index (κ1) is 10.1. The molecule has 13 heavy (non-hydrogen) atoms. The van der Waals surface area contributed by atoms with Gasteiger partial charge in [0.25, 0.3) is 0 Å². The molecule has 1 N–H and O–H groups in total. The van der Waals surface area contributed by atoms with Gasteiger partial charge in [0.1, 0.15) is 0 Å². The normalized spacial score (nSPS) is 10.0. The van der Waals surface area contributed by atoms with Gasteiger partial charge >= 0.3 is 0 Å². The van der Waals surface area contributed by atoms with E-state index in [1.165, 1.54) is 0 Å². The van der Waals surface area contributed by atoms with Crippen LogP contribution in [-0.2, 0) is 13.6 Å². The minimum atomic E-state index is 0.542. The number of aromatic nitrogens is 2. The summed E-state index contributed by atoms with van der Waals surface area (Å²) >= 11 is 6.02. The Morgan fingerprint density at radius 1 is 1.69 bits per heavy atom. The van der Waals surface area contributed by atoms with Crippen LogP contribution in [0, 0.1) is 19.3 Å². The van der Waals surface area contributed by atoms with Gasteiger partial charge in [-0.3, -0.25) is 4.68 Å². The highest BCUT2D eigenvalue weighted by Crippen LogP contribution is 2.18. The van der Waals surface area contributed by atoms with Crippen LogP contribution in [0.5, 0.6) is 0 Å². The van der Waals surface area contributed by atoms with Gasteiger partial charge in [-0.1, -0.05) is 17.5 Å². The Hall–Kier alpha value is -0.980. The summed E-state index contributed by atoms with van der Waals surface area (Å²) in [5.41, 5.74) is 1.82. The predicted octanol–water partition coefficient (Wildman–Crippen LogP) is 1.10. The molecule has 0 atom stereocenters. The van der Waals surface area contributed by atoms with E-state index in [0.717, 1.165) is 11.4 Å². The second kappa shape index (κ2) is 4.31. The fourth-order valence-electron chi connectivity index (χ4n) is 1.13. The number of nitrogens with one attached hydrogen (secondary N) is 1. The van der Waals surface area contributed by atoms with Crippen molar-refractivity contribution in [2.24, 2.45) is 7.05 Å². The van der Waals surface area contributed by atoms with Crippen LogP contribution in [0.2, 0.25) is 5.02 Å². The maximum atomic E-state index is 6.02. The van der Waals surface area contributed by atoms with Gasteiger partial charge in [-0.25, -0.2) is 0 Å². The van der Waals surface area contributed by atoms with Crippen molar-refractivity contribution < 1.29 is 0 Å². The summed E-state index contributed by atoms with van der Waals surface area (Å²) in [4.78, 5) is 0. The molecule has 0 radical (unpaired) electrons. The van der Waals surface area contributed by atoms with Gasteiger partial charge in [0.05, 0.1) is 23.0 Å². The number of hydrogen-bond donors (Lipinski definition) is 1. The highest BCUT2D eigenvalue weighted by molar-refractivity contribution is 6.31. The lowest BCUT2D eigenvalue weighted by Gasteiger charge is -2.01. The molecular formula is C9H12ClN3. The fraction of sp³-hybridized carbons (Fsp3) is 0.444. The average molecular weight is 198 g/mol. The summed E-state index contributed by atoms with van der Waals surface area (Å²) in [6, 6.07) is 0. The number of nitrogens with zero attached hydrogens (tertiary/aromatic N) is 2. The molecule has 3 nitrogen and oxygen atoms in total. The van der Waals surface area contributed by atoms with Gasteiger partial charge in [0, 0.05) is 13.6 Å². The van der Waals surface area contributed by atoms with Crippen LogP contribution in [0.25, 0.3) is 0 Å². The third-order valence-electron chi connectivity index (χ3n) is 1.78. The molecule has 4 heteroatoms. The van der Waals surface area contributed by atoms with E-state index < -0.39 is 0 Å². The van der Waals surface area contributed by atoms with E-state index in [1.54, 1.807) is 4.68 Å². The molecule has 0 saturated carbocycles. The van der Waals surface area contributed by atoms with Crippen LogP contribution in [-0.4, -0.2) is 16.3 Å². The summed E-state index contributed by atoms with van der Waals surface area (Å²) in [7, 11) is 1.87. The molecule has 0 fully saturated rings. The van der Waals surface area contributed by atoms with Gasteiger partial charge in [0.15, 0.2) is 0 Å². The second-order valence-corrected chi connectivity index (χ2v) is 3.16. The lowest BCUT2D eigenvalue weighted by atomic mass is 10.3. The van der Waals surface area contributed by atoms with Crippen LogP contribution in [0.4, 0.5) is 0 Å². The first-order valence-electron chi connectivity index (χ1n) is 3.99. The SMILES string of the molecule is C#CCNCc1c(Cl)c(C)nn1C. The largest absolute Gasteiger partial charge is 0.300 e. The van der Waals surface area contributed by atoms with E-state index >= 15 is 0 Å². The van der Waals surface area contributed by atoms with Gasteiger partial charge in [0.2, 0.25) is 0 Å². The van der Waals surface area contributed by atoms with Crippen LogP contribution in [0.15, 0.2) is 0 Å². The number of aryl methyl sites for hydroxylation is 2. The van der Waals surface area contributed by atoms with Crippen molar-refractivity contribution in [3.63, 3.8) is 0 Å². The van der Waals surface area contributed by atoms with Crippen molar-refractivity contribution in [3.8, 4) is 12.3 Å². The smallest absolute Gasteiger partial charge is 0.0860 e. The quantitative estimate of drug-likeness (QED) is 0.581. The first-order chi connectivity index (χ1) is 6.16. The highest BCUT2D eigenvalue weighted by Gasteiger charge is 2.09. The molecule has 0 aliphatic heterocycles. The van der Waals surface area contributed by atoms with E-state index in [4.69, 9.17) is 18.0 Å². The molecule has 0 aromatic carbocycles. The monoisotopic (exact) mass is 197 g/mol. The lowest BCUT2D eigenvalue weighted by Crippen LogP contribution is -2.15. The molecule has 0 spiro atoms. The molecule has 1 rings (SSSR count). The molecule has 0 aliphatic carbocycles. The molecule has 0 amide bonds. The topological polar surface area (TPSA) is 29.9 Å². The van der Waals surface area contributed by atoms with Crippen molar-refractivity contribution in [3.05, 3.63) is 16.4 Å². The Morgan fingerprint density at radius 2 is 2.38 bits per heavy atom. The molecule has 1 aromatic rings. The Bertz CT molecular complexity index is 335. The van der Waals surface area contributed by atoms with Gasteiger partial charge in [-0.05, 0) is 6.92 Å². The van der Waals surface area contributed by atoms with Crippen molar-refractivity contribution in [2.75, 3.05) is 6.54 Å². The third-order valence-corrected chi connectivity index (χ3v) is 2.27. The zero-order valence-electron chi connectivity index (χ0n) is 7.76.